The third kappa shape index (κ3) is 8.96. The van der Waals surface area contributed by atoms with E-state index in [1.54, 1.807) is 0 Å². The molecule has 7 heteroatoms. The third-order valence-corrected chi connectivity index (χ3v) is 5.13. The maximum absolute atomic E-state index is 6.05. The van der Waals surface area contributed by atoms with Crippen LogP contribution in [0.15, 0.2) is 53.5 Å². The fourth-order valence-corrected chi connectivity index (χ4v) is 3.51. The van der Waals surface area contributed by atoms with Gasteiger partial charge in [-0.1, -0.05) is 42.5 Å². The van der Waals surface area contributed by atoms with Crippen LogP contribution >= 0.6 is 24.0 Å². The Balaban J connectivity index is 0.00000363. The first-order valence-corrected chi connectivity index (χ1v) is 11.3. The van der Waals surface area contributed by atoms with E-state index < -0.39 is 0 Å². The number of hydrogen-bond donors (Lipinski definition) is 2. The van der Waals surface area contributed by atoms with Crippen molar-refractivity contribution in [1.29, 1.82) is 0 Å². The Morgan fingerprint density at radius 1 is 1.03 bits per heavy atom. The molecule has 0 amide bonds. The monoisotopic (exact) mass is 553 g/mol. The van der Waals surface area contributed by atoms with Crippen LogP contribution in [0, 0.1) is 0 Å². The van der Waals surface area contributed by atoms with Gasteiger partial charge in [-0.15, -0.1) is 24.0 Å². The van der Waals surface area contributed by atoms with Crippen LogP contribution in [0.2, 0.25) is 0 Å². The minimum absolute atomic E-state index is 0. The molecule has 1 fully saturated rings. The summed E-state index contributed by atoms with van der Waals surface area (Å²) in [6.45, 7) is 9.02. The van der Waals surface area contributed by atoms with Crippen molar-refractivity contribution < 1.29 is 14.2 Å². The fraction of sp³-hybridized carbons (Fsp3) is 0.480. The second kappa shape index (κ2) is 15.1. The molecule has 6 nitrogen and oxygen atoms in total. The van der Waals surface area contributed by atoms with Gasteiger partial charge in [0.15, 0.2) is 5.96 Å². The van der Waals surface area contributed by atoms with Crippen LogP contribution in [0.4, 0.5) is 0 Å². The van der Waals surface area contributed by atoms with Gasteiger partial charge in [0.2, 0.25) is 0 Å². The lowest BCUT2D eigenvalue weighted by atomic mass is 10.1. The number of nitrogens with one attached hydrogen (secondary N) is 2. The molecule has 2 N–H and O–H groups in total. The van der Waals surface area contributed by atoms with Crippen molar-refractivity contribution in [2.45, 2.75) is 52.5 Å². The molecular weight excluding hydrogens is 517 g/mol. The molecule has 1 aliphatic rings. The minimum atomic E-state index is 0. The van der Waals surface area contributed by atoms with Crippen LogP contribution in [0.3, 0.4) is 0 Å². The maximum Gasteiger partial charge on any atom is 0.191 e. The molecule has 0 aromatic heterocycles. The Labute approximate surface area is 209 Å². The van der Waals surface area contributed by atoms with Crippen LogP contribution < -0.4 is 15.4 Å². The Kier molecular flexibility index (Phi) is 12.4. The van der Waals surface area contributed by atoms with Gasteiger partial charge in [-0.3, -0.25) is 0 Å². The largest absolute Gasteiger partial charge is 0.494 e. The summed E-state index contributed by atoms with van der Waals surface area (Å²) in [7, 11) is 0. The zero-order valence-electron chi connectivity index (χ0n) is 19.1. The summed E-state index contributed by atoms with van der Waals surface area (Å²) in [5.74, 6) is 1.70. The molecule has 1 saturated heterocycles. The van der Waals surface area contributed by atoms with E-state index in [2.05, 4.69) is 47.9 Å². The Hall–Kier alpha value is -1.84. The van der Waals surface area contributed by atoms with E-state index in [0.717, 1.165) is 49.9 Å². The first-order chi connectivity index (χ1) is 15.3. The minimum Gasteiger partial charge on any atom is -0.494 e. The van der Waals surface area contributed by atoms with Crippen molar-refractivity contribution in [3.63, 3.8) is 0 Å². The Morgan fingerprint density at radius 2 is 1.81 bits per heavy atom. The van der Waals surface area contributed by atoms with Gasteiger partial charge in [-0.25, -0.2) is 4.99 Å². The van der Waals surface area contributed by atoms with Crippen LogP contribution in [0.5, 0.6) is 5.75 Å². The van der Waals surface area contributed by atoms with Gasteiger partial charge >= 0.3 is 0 Å². The summed E-state index contributed by atoms with van der Waals surface area (Å²) in [4.78, 5) is 4.76. The molecule has 2 aromatic carbocycles. The summed E-state index contributed by atoms with van der Waals surface area (Å²) in [5.41, 5.74) is 3.46. The summed E-state index contributed by atoms with van der Waals surface area (Å²) in [6.07, 6.45) is 2.27. The predicted octanol–water partition coefficient (Wildman–Crippen LogP) is 4.65. The number of guanidine groups is 1. The molecule has 0 saturated carbocycles. The number of benzene rings is 2. The fourth-order valence-electron chi connectivity index (χ4n) is 3.51. The van der Waals surface area contributed by atoms with Gasteiger partial charge < -0.3 is 24.8 Å². The van der Waals surface area contributed by atoms with Crippen LogP contribution in [-0.2, 0) is 29.2 Å². The Morgan fingerprint density at radius 3 is 2.59 bits per heavy atom. The average molecular weight is 553 g/mol. The van der Waals surface area contributed by atoms with E-state index in [0.29, 0.717) is 32.4 Å². The second-order valence-corrected chi connectivity index (χ2v) is 7.53. The number of halogens is 1. The highest BCUT2D eigenvalue weighted by atomic mass is 127. The van der Waals surface area contributed by atoms with E-state index in [-0.39, 0.29) is 24.0 Å². The van der Waals surface area contributed by atoms with Gasteiger partial charge in [0.25, 0.3) is 0 Å². The zero-order chi connectivity index (χ0) is 21.7. The molecule has 0 aliphatic carbocycles. The topological polar surface area (TPSA) is 64.1 Å². The third-order valence-electron chi connectivity index (χ3n) is 5.13. The normalized spacial score (nSPS) is 14.5. The van der Waals surface area contributed by atoms with Crippen molar-refractivity contribution in [2.24, 2.45) is 4.99 Å². The summed E-state index contributed by atoms with van der Waals surface area (Å²) in [6, 6.07) is 16.6. The molecule has 32 heavy (non-hydrogen) atoms. The smallest absolute Gasteiger partial charge is 0.191 e. The Bertz CT molecular complexity index is 826. The van der Waals surface area contributed by atoms with Crippen molar-refractivity contribution >= 4 is 29.9 Å². The number of para-hydroxylation sites is 1. The van der Waals surface area contributed by atoms with Gasteiger partial charge in [-0.2, -0.15) is 0 Å². The van der Waals surface area contributed by atoms with Crippen molar-refractivity contribution in [2.75, 3.05) is 26.4 Å². The van der Waals surface area contributed by atoms with Gasteiger partial charge in [0.05, 0.1) is 25.9 Å². The predicted molar refractivity (Wildman–Crippen MR) is 140 cm³/mol. The quantitative estimate of drug-likeness (QED) is 0.255. The van der Waals surface area contributed by atoms with E-state index >= 15 is 0 Å². The summed E-state index contributed by atoms with van der Waals surface area (Å²) < 4.78 is 17.2. The maximum atomic E-state index is 6.05. The molecule has 2 aromatic rings. The lowest BCUT2D eigenvalue weighted by Crippen LogP contribution is -2.36. The van der Waals surface area contributed by atoms with Crippen LogP contribution in [-0.4, -0.2) is 38.4 Å². The molecule has 0 radical (unpaired) electrons. The molecule has 0 unspecified atom stereocenters. The highest BCUT2D eigenvalue weighted by Gasteiger charge is 2.14. The number of ether oxygens (including phenoxy) is 3. The van der Waals surface area contributed by atoms with E-state index in [1.807, 2.05) is 25.1 Å². The average Bonchev–Trinajstić information content (AvgIpc) is 2.81. The number of aliphatic imine (C=N–C) groups is 1. The van der Waals surface area contributed by atoms with Crippen LogP contribution in [0.25, 0.3) is 0 Å². The summed E-state index contributed by atoms with van der Waals surface area (Å²) >= 11 is 0. The lowest BCUT2D eigenvalue weighted by Gasteiger charge is -2.22. The van der Waals surface area contributed by atoms with Gasteiger partial charge in [0, 0.05) is 31.9 Å². The number of hydrogen-bond acceptors (Lipinski definition) is 4. The molecular formula is C25H36IN3O3. The van der Waals surface area contributed by atoms with Gasteiger partial charge in [0.1, 0.15) is 5.75 Å². The van der Waals surface area contributed by atoms with Crippen molar-refractivity contribution in [3.8, 4) is 5.75 Å². The van der Waals surface area contributed by atoms with Crippen LogP contribution in [0.1, 0.15) is 43.4 Å². The SMILES string of the molecule is CCNC(=NCc1cccc(COC2CCOCC2)c1)NCc1ccccc1OCC.I. The highest BCUT2D eigenvalue weighted by Crippen LogP contribution is 2.18. The molecule has 0 spiro atoms. The van der Waals surface area contributed by atoms with Crippen molar-refractivity contribution in [1.82, 2.24) is 10.6 Å². The van der Waals surface area contributed by atoms with E-state index in [1.165, 1.54) is 11.1 Å². The van der Waals surface area contributed by atoms with E-state index in [9.17, 15) is 0 Å². The van der Waals surface area contributed by atoms with Crippen molar-refractivity contribution in [3.05, 3.63) is 65.2 Å². The molecule has 0 bridgehead atoms. The number of nitrogens with zero attached hydrogens (tertiary/aromatic N) is 1. The first-order valence-electron chi connectivity index (χ1n) is 11.3. The molecule has 1 aliphatic heterocycles. The molecule has 0 atom stereocenters. The van der Waals surface area contributed by atoms with E-state index in [4.69, 9.17) is 19.2 Å². The zero-order valence-corrected chi connectivity index (χ0v) is 21.5. The summed E-state index contributed by atoms with van der Waals surface area (Å²) in [5, 5.41) is 6.73. The molecule has 1 heterocycles. The van der Waals surface area contributed by atoms with Gasteiger partial charge in [-0.05, 0) is 43.9 Å². The lowest BCUT2D eigenvalue weighted by molar-refractivity contribution is -0.0390. The molecule has 176 valence electrons. The second-order valence-electron chi connectivity index (χ2n) is 7.53. The number of rotatable bonds is 10. The molecule has 3 rings (SSSR count). The first kappa shape index (κ1) is 26.4. The standard InChI is InChI=1S/C25H35N3O3.HI/c1-3-26-25(28-18-22-10-5-6-11-24(22)30-4-2)27-17-20-8-7-9-21(16-20)19-31-23-12-14-29-15-13-23;/h5-11,16,23H,3-4,12-15,17-19H2,1-2H3,(H2,26,27,28);1H. The highest BCUT2D eigenvalue weighted by molar-refractivity contribution is 14.0.